The maximum atomic E-state index is 9.13. The standard InChI is InChI=1S/C13H11BrN2.C2H3N/c1-13(2,8-15)10-6-9-4-3-5-16-12(9)11(14)7-10;1-2-3/h3-7H,1-2H3;1H3. The smallest absolute Gasteiger partial charge is 0.0844 e. The number of hydrogen-bond donors (Lipinski definition) is 0. The topological polar surface area (TPSA) is 60.5 Å². The first kappa shape index (κ1) is 15.1. The molecule has 0 radical (unpaired) electrons. The van der Waals surface area contributed by atoms with Crippen LogP contribution in [-0.4, -0.2) is 4.98 Å². The van der Waals surface area contributed by atoms with Gasteiger partial charge in [-0.25, -0.2) is 0 Å². The summed E-state index contributed by atoms with van der Waals surface area (Å²) >= 11 is 3.50. The third-order valence-electron chi connectivity index (χ3n) is 2.66. The monoisotopic (exact) mass is 315 g/mol. The molecule has 4 heteroatoms. The average Bonchev–Trinajstić information content (AvgIpc) is 2.39. The van der Waals surface area contributed by atoms with E-state index >= 15 is 0 Å². The van der Waals surface area contributed by atoms with Crippen LogP contribution in [0.2, 0.25) is 0 Å². The van der Waals surface area contributed by atoms with Crippen molar-refractivity contribution in [3.63, 3.8) is 0 Å². The van der Waals surface area contributed by atoms with E-state index < -0.39 is 5.41 Å². The Morgan fingerprint density at radius 2 is 1.89 bits per heavy atom. The number of rotatable bonds is 1. The molecule has 19 heavy (non-hydrogen) atoms. The van der Waals surface area contributed by atoms with Crippen LogP contribution in [0.5, 0.6) is 0 Å². The van der Waals surface area contributed by atoms with E-state index in [0.29, 0.717) is 0 Å². The Hall–Kier alpha value is -1.91. The van der Waals surface area contributed by atoms with Gasteiger partial charge in [0, 0.05) is 23.0 Å². The zero-order valence-electron chi connectivity index (χ0n) is 11.1. The van der Waals surface area contributed by atoms with E-state index in [2.05, 4.69) is 27.0 Å². The zero-order chi connectivity index (χ0) is 14.5. The van der Waals surface area contributed by atoms with Crippen molar-refractivity contribution in [3.05, 3.63) is 40.5 Å². The van der Waals surface area contributed by atoms with E-state index in [1.54, 1.807) is 12.3 Å². The maximum Gasteiger partial charge on any atom is 0.0844 e. The van der Waals surface area contributed by atoms with Crippen molar-refractivity contribution in [1.29, 1.82) is 10.5 Å². The molecule has 96 valence electrons. The summed E-state index contributed by atoms with van der Waals surface area (Å²) in [5.41, 5.74) is 1.45. The number of benzene rings is 1. The summed E-state index contributed by atoms with van der Waals surface area (Å²) in [5, 5.41) is 17.5. The number of aromatic nitrogens is 1. The molecule has 0 amide bonds. The van der Waals surface area contributed by atoms with Gasteiger partial charge in [-0.2, -0.15) is 10.5 Å². The van der Waals surface area contributed by atoms with Gasteiger partial charge in [-0.3, -0.25) is 4.98 Å². The van der Waals surface area contributed by atoms with Crippen LogP contribution in [0.25, 0.3) is 10.9 Å². The lowest BCUT2D eigenvalue weighted by molar-refractivity contribution is 0.687. The van der Waals surface area contributed by atoms with Gasteiger partial charge in [0.05, 0.1) is 23.1 Å². The summed E-state index contributed by atoms with van der Waals surface area (Å²) in [6.45, 7) is 5.26. The first-order valence-electron chi connectivity index (χ1n) is 5.73. The molecule has 1 aromatic heterocycles. The summed E-state index contributed by atoms with van der Waals surface area (Å²) in [5.74, 6) is 0. The van der Waals surface area contributed by atoms with Gasteiger partial charge >= 0.3 is 0 Å². The molecule has 2 aromatic rings. The molecular formula is C15H14BrN3. The molecule has 0 saturated carbocycles. The molecule has 0 saturated heterocycles. The Bertz CT molecular complexity index is 663. The minimum absolute atomic E-state index is 0.480. The highest BCUT2D eigenvalue weighted by molar-refractivity contribution is 9.10. The second-order valence-corrected chi connectivity index (χ2v) is 5.35. The number of fused-ring (bicyclic) bond motifs is 1. The third-order valence-corrected chi connectivity index (χ3v) is 3.26. The molecule has 0 aliphatic rings. The predicted molar refractivity (Wildman–Crippen MR) is 79.4 cm³/mol. The van der Waals surface area contributed by atoms with Crippen LogP contribution in [-0.2, 0) is 5.41 Å². The van der Waals surface area contributed by atoms with Crippen molar-refractivity contribution in [3.8, 4) is 12.1 Å². The summed E-state index contributed by atoms with van der Waals surface area (Å²) in [6, 6.07) is 12.0. The molecule has 0 fully saturated rings. The van der Waals surface area contributed by atoms with Gasteiger partial charge in [-0.05, 0) is 53.5 Å². The third kappa shape index (κ3) is 3.53. The fourth-order valence-electron chi connectivity index (χ4n) is 1.57. The molecule has 1 aromatic carbocycles. The van der Waals surface area contributed by atoms with Crippen molar-refractivity contribution in [2.75, 3.05) is 0 Å². The highest BCUT2D eigenvalue weighted by Gasteiger charge is 2.20. The molecule has 0 bridgehead atoms. The lowest BCUT2D eigenvalue weighted by atomic mass is 9.86. The molecule has 0 aliphatic heterocycles. The van der Waals surface area contributed by atoms with Crippen molar-refractivity contribution in [1.82, 2.24) is 4.98 Å². The zero-order valence-corrected chi connectivity index (χ0v) is 12.7. The van der Waals surface area contributed by atoms with Crippen LogP contribution < -0.4 is 0 Å². The van der Waals surface area contributed by atoms with Gasteiger partial charge in [0.25, 0.3) is 0 Å². The number of halogens is 1. The van der Waals surface area contributed by atoms with Crippen LogP contribution in [0.15, 0.2) is 34.9 Å². The molecular weight excluding hydrogens is 302 g/mol. The van der Waals surface area contributed by atoms with Gasteiger partial charge in [0.2, 0.25) is 0 Å². The highest BCUT2D eigenvalue weighted by atomic mass is 79.9. The second kappa shape index (κ2) is 6.31. The molecule has 3 nitrogen and oxygen atoms in total. The Morgan fingerprint density at radius 1 is 1.26 bits per heavy atom. The van der Waals surface area contributed by atoms with E-state index in [0.717, 1.165) is 20.9 Å². The normalized spacial score (nSPS) is 10.0. The first-order valence-corrected chi connectivity index (χ1v) is 6.52. The minimum atomic E-state index is -0.480. The number of pyridine rings is 1. The highest BCUT2D eigenvalue weighted by Crippen LogP contribution is 2.30. The molecule has 0 N–H and O–H groups in total. The Morgan fingerprint density at radius 3 is 2.47 bits per heavy atom. The van der Waals surface area contributed by atoms with Gasteiger partial charge in [-0.15, -0.1) is 0 Å². The van der Waals surface area contributed by atoms with Crippen molar-refractivity contribution < 1.29 is 0 Å². The number of nitrogens with zero attached hydrogens (tertiary/aromatic N) is 3. The van der Waals surface area contributed by atoms with E-state index in [-0.39, 0.29) is 0 Å². The van der Waals surface area contributed by atoms with E-state index in [1.807, 2.05) is 38.1 Å². The summed E-state index contributed by atoms with van der Waals surface area (Å²) in [6.07, 6.45) is 1.77. The Balaban J connectivity index is 0.000000550. The van der Waals surface area contributed by atoms with Crippen LogP contribution in [0, 0.1) is 22.7 Å². The Kier molecular flexibility index (Phi) is 5.03. The van der Waals surface area contributed by atoms with Crippen molar-refractivity contribution in [2.24, 2.45) is 0 Å². The predicted octanol–water partition coefficient (Wildman–Crippen LogP) is 4.33. The molecule has 0 spiro atoms. The molecule has 2 rings (SSSR count). The minimum Gasteiger partial charge on any atom is -0.255 e. The van der Waals surface area contributed by atoms with Gasteiger partial charge in [0.1, 0.15) is 0 Å². The van der Waals surface area contributed by atoms with Crippen LogP contribution >= 0.6 is 15.9 Å². The lowest BCUT2D eigenvalue weighted by Gasteiger charge is -2.16. The Labute approximate surface area is 121 Å². The van der Waals surface area contributed by atoms with Crippen molar-refractivity contribution in [2.45, 2.75) is 26.2 Å². The molecule has 0 aliphatic carbocycles. The lowest BCUT2D eigenvalue weighted by Crippen LogP contribution is -2.13. The number of nitriles is 2. The number of hydrogen-bond acceptors (Lipinski definition) is 3. The van der Waals surface area contributed by atoms with E-state index in [1.165, 1.54) is 6.92 Å². The van der Waals surface area contributed by atoms with Gasteiger partial charge < -0.3 is 0 Å². The van der Waals surface area contributed by atoms with E-state index in [9.17, 15) is 0 Å². The summed E-state index contributed by atoms with van der Waals surface area (Å²) in [4.78, 5) is 4.30. The molecule has 0 unspecified atom stereocenters. The van der Waals surface area contributed by atoms with Crippen LogP contribution in [0.1, 0.15) is 26.3 Å². The van der Waals surface area contributed by atoms with Crippen LogP contribution in [0.4, 0.5) is 0 Å². The quantitative estimate of drug-likeness (QED) is 0.787. The fraction of sp³-hybridized carbons (Fsp3) is 0.267. The molecule has 1 heterocycles. The van der Waals surface area contributed by atoms with Gasteiger partial charge in [-0.1, -0.05) is 6.07 Å². The average molecular weight is 316 g/mol. The summed E-state index contributed by atoms with van der Waals surface area (Å²) < 4.78 is 0.934. The van der Waals surface area contributed by atoms with Crippen LogP contribution in [0.3, 0.4) is 0 Å². The SMILES string of the molecule is CC#N.CC(C)(C#N)c1cc(Br)c2ncccc2c1. The maximum absolute atomic E-state index is 9.13. The van der Waals surface area contributed by atoms with E-state index in [4.69, 9.17) is 10.5 Å². The fourth-order valence-corrected chi connectivity index (χ4v) is 2.15. The van der Waals surface area contributed by atoms with Crippen molar-refractivity contribution >= 4 is 26.8 Å². The van der Waals surface area contributed by atoms with Gasteiger partial charge in [0.15, 0.2) is 0 Å². The summed E-state index contributed by atoms with van der Waals surface area (Å²) in [7, 11) is 0. The first-order chi connectivity index (χ1) is 8.96. The second-order valence-electron chi connectivity index (χ2n) is 4.49. The molecule has 0 atom stereocenters. The largest absolute Gasteiger partial charge is 0.255 e.